The van der Waals surface area contributed by atoms with Gasteiger partial charge in [-0.3, -0.25) is 0 Å². The van der Waals surface area contributed by atoms with Crippen LogP contribution in [0.5, 0.6) is 0 Å². The van der Waals surface area contributed by atoms with Gasteiger partial charge in [-0.05, 0) is 35.6 Å². The van der Waals surface area contributed by atoms with E-state index in [9.17, 15) is 10.4 Å². The van der Waals surface area contributed by atoms with Crippen molar-refractivity contribution in [3.8, 4) is 17.2 Å². The Morgan fingerprint density at radius 3 is 2.50 bits per heavy atom. The third kappa shape index (κ3) is 2.99. The zero-order chi connectivity index (χ0) is 19.7. The first-order valence-corrected chi connectivity index (χ1v) is 10.4. The van der Waals surface area contributed by atoms with E-state index in [1.807, 2.05) is 35.4 Å². The van der Waals surface area contributed by atoms with Gasteiger partial charge in [-0.25, -0.2) is 4.98 Å². The van der Waals surface area contributed by atoms with E-state index in [2.05, 4.69) is 49.2 Å². The van der Waals surface area contributed by atoms with Crippen molar-refractivity contribution in [2.75, 3.05) is 11.5 Å². The summed E-state index contributed by atoms with van der Waals surface area (Å²) in [4.78, 5) is 7.69. The Morgan fingerprint density at radius 1 is 1.14 bits per heavy atom. The summed E-state index contributed by atoms with van der Waals surface area (Å²) < 4.78 is 0. The summed E-state index contributed by atoms with van der Waals surface area (Å²) in [7, 11) is 0. The molecule has 28 heavy (non-hydrogen) atoms. The van der Waals surface area contributed by atoms with Crippen LogP contribution in [0.1, 0.15) is 28.8 Å². The van der Waals surface area contributed by atoms with Crippen molar-refractivity contribution in [3.05, 3.63) is 70.7 Å². The predicted molar refractivity (Wildman–Crippen MR) is 114 cm³/mol. The summed E-state index contributed by atoms with van der Waals surface area (Å²) in [5, 5.41) is 20.9. The van der Waals surface area contributed by atoms with E-state index in [0.717, 1.165) is 22.7 Å². The van der Waals surface area contributed by atoms with Gasteiger partial charge in [-0.1, -0.05) is 55.5 Å². The van der Waals surface area contributed by atoms with Crippen LogP contribution >= 0.6 is 11.3 Å². The lowest BCUT2D eigenvalue weighted by molar-refractivity contribution is 0.188. The van der Waals surface area contributed by atoms with E-state index >= 15 is 0 Å². The molecule has 142 valence electrons. The fourth-order valence-corrected chi connectivity index (χ4v) is 5.08. The number of benzene rings is 2. The topological polar surface area (TPSA) is 60.1 Å². The molecule has 4 rings (SSSR count). The molecule has 4 nitrogen and oxygen atoms in total. The third-order valence-electron chi connectivity index (χ3n) is 5.60. The number of nitrogens with zero attached hydrogens (tertiary/aromatic N) is 3. The van der Waals surface area contributed by atoms with Gasteiger partial charge in [0, 0.05) is 17.0 Å². The fourth-order valence-electron chi connectivity index (χ4n) is 4.13. The van der Waals surface area contributed by atoms with Gasteiger partial charge in [0.2, 0.25) is 0 Å². The maximum Gasteiger partial charge on any atom is 0.186 e. The molecule has 5 heteroatoms. The van der Waals surface area contributed by atoms with E-state index < -0.39 is 0 Å². The molecule has 1 fully saturated rings. The number of aliphatic hydroxyl groups is 1. The first kappa shape index (κ1) is 18.7. The molecular weight excluding hydrogens is 366 g/mol. The molecular formula is C23H23N3OS. The molecule has 3 atom stereocenters. The number of hydrogen-bond donors (Lipinski definition) is 1. The number of rotatable bonds is 5. The molecule has 1 N–H and O–H groups in total. The Hall–Kier alpha value is -2.68. The third-order valence-corrected chi connectivity index (χ3v) is 6.75. The molecule has 1 aliphatic rings. The summed E-state index contributed by atoms with van der Waals surface area (Å²) in [6.45, 7) is 4.19. The van der Waals surface area contributed by atoms with E-state index in [4.69, 9.17) is 0 Å². The lowest BCUT2D eigenvalue weighted by atomic mass is 9.73. The molecule has 2 aromatic carbocycles. The number of aromatic nitrogens is 1. The van der Waals surface area contributed by atoms with E-state index in [0.29, 0.717) is 0 Å². The van der Waals surface area contributed by atoms with Gasteiger partial charge in [0.25, 0.3) is 0 Å². The predicted octanol–water partition coefficient (Wildman–Crippen LogP) is 4.54. The molecule has 0 unspecified atom stereocenters. The van der Waals surface area contributed by atoms with Crippen molar-refractivity contribution in [1.29, 1.82) is 5.26 Å². The highest BCUT2D eigenvalue weighted by atomic mass is 32.1. The second-order valence-electron chi connectivity index (χ2n) is 7.12. The van der Waals surface area contributed by atoms with Crippen LogP contribution in [-0.4, -0.2) is 28.8 Å². The van der Waals surface area contributed by atoms with E-state index in [1.54, 1.807) is 11.3 Å². The standard InChI is InChI=1S/C23H23N3OS/c1-3-16-13-25-23(28-16)26-20(12-24)22(21(26)14-27)19-11-7-6-10-18(19)17-9-5-4-8-15(17)2/h4-11,13,20-22,27H,3,14H2,1-2H3/t20-,21+,22+/m0/s1. The molecule has 1 aliphatic heterocycles. The smallest absolute Gasteiger partial charge is 0.186 e. The zero-order valence-corrected chi connectivity index (χ0v) is 16.9. The van der Waals surface area contributed by atoms with Crippen LogP contribution in [0, 0.1) is 18.3 Å². The second kappa shape index (κ2) is 7.75. The Morgan fingerprint density at radius 2 is 1.86 bits per heavy atom. The Balaban J connectivity index is 1.76. The normalized spacial score (nSPS) is 21.2. The minimum atomic E-state index is -0.335. The summed E-state index contributed by atoms with van der Waals surface area (Å²) >= 11 is 1.61. The lowest BCUT2D eigenvalue weighted by Gasteiger charge is -2.52. The van der Waals surface area contributed by atoms with Crippen molar-refractivity contribution >= 4 is 16.5 Å². The minimum absolute atomic E-state index is 0.00795. The molecule has 0 aliphatic carbocycles. The SMILES string of the molecule is CCc1cnc(N2[C@H](CO)[C@H](c3ccccc3-c3ccccc3C)[C@@H]2C#N)s1. The number of anilines is 1. The Bertz CT molecular complexity index is 1020. The molecule has 0 spiro atoms. The van der Waals surface area contributed by atoms with E-state index in [-0.39, 0.29) is 24.6 Å². The molecule has 0 bridgehead atoms. The van der Waals surface area contributed by atoms with Crippen LogP contribution in [0.2, 0.25) is 0 Å². The molecule has 0 amide bonds. The summed E-state index contributed by atoms with van der Waals surface area (Å²) in [6, 6.07) is 18.5. The van der Waals surface area contributed by atoms with Gasteiger partial charge >= 0.3 is 0 Å². The molecule has 1 aromatic heterocycles. The maximum atomic E-state index is 10.2. The molecule has 0 saturated carbocycles. The number of thiazole rings is 1. The number of aryl methyl sites for hydroxylation is 2. The zero-order valence-electron chi connectivity index (χ0n) is 16.0. The van der Waals surface area contributed by atoms with Crippen molar-refractivity contribution in [1.82, 2.24) is 4.98 Å². The van der Waals surface area contributed by atoms with Gasteiger partial charge in [-0.15, -0.1) is 11.3 Å². The van der Waals surface area contributed by atoms with Gasteiger partial charge in [0.05, 0.1) is 18.7 Å². The quantitative estimate of drug-likeness (QED) is 0.696. The highest BCUT2D eigenvalue weighted by Gasteiger charge is 2.51. The highest BCUT2D eigenvalue weighted by Crippen LogP contribution is 2.47. The van der Waals surface area contributed by atoms with Crippen LogP contribution < -0.4 is 4.90 Å². The fraction of sp³-hybridized carbons (Fsp3) is 0.304. The number of hydrogen-bond acceptors (Lipinski definition) is 5. The van der Waals surface area contributed by atoms with Gasteiger partial charge < -0.3 is 10.0 Å². The summed E-state index contributed by atoms with van der Waals surface area (Å²) in [5.41, 5.74) is 4.63. The van der Waals surface area contributed by atoms with Crippen LogP contribution in [-0.2, 0) is 6.42 Å². The largest absolute Gasteiger partial charge is 0.394 e. The Labute approximate surface area is 169 Å². The van der Waals surface area contributed by atoms with Crippen LogP contribution in [0.3, 0.4) is 0 Å². The van der Waals surface area contributed by atoms with Crippen LogP contribution in [0.25, 0.3) is 11.1 Å². The second-order valence-corrected chi connectivity index (χ2v) is 8.22. The minimum Gasteiger partial charge on any atom is -0.394 e. The summed E-state index contributed by atoms with van der Waals surface area (Å²) in [5.74, 6) is -0.0558. The maximum absolute atomic E-state index is 10.2. The van der Waals surface area contributed by atoms with Gasteiger partial charge in [-0.2, -0.15) is 5.26 Å². The highest BCUT2D eigenvalue weighted by molar-refractivity contribution is 7.15. The lowest BCUT2D eigenvalue weighted by Crippen LogP contribution is -2.63. The van der Waals surface area contributed by atoms with Crippen molar-refractivity contribution in [3.63, 3.8) is 0 Å². The van der Waals surface area contributed by atoms with Crippen LogP contribution in [0.15, 0.2) is 54.7 Å². The number of nitriles is 1. The van der Waals surface area contributed by atoms with Crippen molar-refractivity contribution in [2.24, 2.45) is 0 Å². The first-order chi connectivity index (χ1) is 13.7. The van der Waals surface area contributed by atoms with Crippen molar-refractivity contribution < 1.29 is 5.11 Å². The molecule has 1 saturated heterocycles. The first-order valence-electron chi connectivity index (χ1n) is 9.58. The monoisotopic (exact) mass is 389 g/mol. The number of aliphatic hydroxyl groups excluding tert-OH is 1. The molecule has 2 heterocycles. The average molecular weight is 390 g/mol. The molecule has 3 aromatic rings. The Kier molecular flexibility index (Phi) is 5.17. The van der Waals surface area contributed by atoms with Gasteiger partial charge in [0.1, 0.15) is 6.04 Å². The van der Waals surface area contributed by atoms with Gasteiger partial charge in [0.15, 0.2) is 5.13 Å². The molecule has 0 radical (unpaired) electrons. The van der Waals surface area contributed by atoms with Crippen LogP contribution in [0.4, 0.5) is 5.13 Å². The van der Waals surface area contributed by atoms with Crippen molar-refractivity contribution in [2.45, 2.75) is 38.3 Å². The average Bonchev–Trinajstić information content (AvgIpc) is 3.17. The summed E-state index contributed by atoms with van der Waals surface area (Å²) in [6.07, 6.45) is 2.80. The van der Waals surface area contributed by atoms with E-state index in [1.165, 1.54) is 16.0 Å².